The third kappa shape index (κ3) is 6.24. The lowest BCUT2D eigenvalue weighted by atomic mass is 10.1. The third-order valence-corrected chi connectivity index (χ3v) is 7.03. The summed E-state index contributed by atoms with van der Waals surface area (Å²) < 4.78 is 151. The molecule has 3 nitrogen and oxygen atoms in total. The normalized spacial score (nSPS) is 13.4. The summed E-state index contributed by atoms with van der Waals surface area (Å²) in [6.45, 7) is 2.08. The van der Waals surface area contributed by atoms with Gasteiger partial charge in [-0.2, -0.15) is 39.5 Å². The topological polar surface area (TPSA) is 57.2 Å². The summed E-state index contributed by atoms with van der Waals surface area (Å²) in [6, 6.07) is 15.4. The highest BCUT2D eigenvalue weighted by Gasteiger charge is 2.83. The van der Waals surface area contributed by atoms with Crippen LogP contribution in [0.2, 0.25) is 0 Å². The van der Waals surface area contributed by atoms with Gasteiger partial charge in [0.05, 0.1) is 0 Å². The standard InChI is InChI=1S/C13H11FI.C4HF9O3S/c1-10-2-6-12(7-3-10)15-13-8-4-11(14)5-9-13;5-1(6,3(9,10)11)2(7,8)4(12,13)17(14,15)16/h2-9H,1H3;(H,14,15,16)/q+1;/p-1. The lowest BCUT2D eigenvalue weighted by molar-refractivity contribution is -0.597. The predicted octanol–water partition coefficient (Wildman–Crippen LogP) is 2.22. The van der Waals surface area contributed by atoms with Gasteiger partial charge in [0.15, 0.2) is 17.3 Å². The Morgan fingerprint density at radius 1 is 0.719 bits per heavy atom. The molecule has 0 radical (unpaired) electrons. The molecular weight excluding hydrogens is 601 g/mol. The molecule has 180 valence electrons. The van der Waals surface area contributed by atoms with Gasteiger partial charge in [-0.05, 0) is 43.3 Å². The Morgan fingerprint density at radius 3 is 1.44 bits per heavy atom. The van der Waals surface area contributed by atoms with Crippen LogP contribution in [-0.2, 0) is 10.1 Å². The molecular formula is C17H11F10IO3S. The molecule has 32 heavy (non-hydrogen) atoms. The Kier molecular flexibility index (Phi) is 8.62. The molecule has 2 rings (SSSR count). The van der Waals surface area contributed by atoms with Crippen LogP contribution in [0.3, 0.4) is 0 Å². The number of alkyl halides is 9. The van der Waals surface area contributed by atoms with Crippen LogP contribution in [0.4, 0.5) is 43.9 Å². The van der Waals surface area contributed by atoms with Crippen LogP contribution in [0, 0.1) is 19.9 Å². The van der Waals surface area contributed by atoms with Gasteiger partial charge < -0.3 is 4.55 Å². The summed E-state index contributed by atoms with van der Waals surface area (Å²) in [5.74, 6) is -15.0. The van der Waals surface area contributed by atoms with Gasteiger partial charge in [-0.15, -0.1) is 0 Å². The maximum Gasteiger partial charge on any atom is 0.460 e. The highest BCUT2D eigenvalue weighted by Crippen LogP contribution is 2.54. The van der Waals surface area contributed by atoms with E-state index in [-0.39, 0.29) is 27.0 Å². The lowest BCUT2D eigenvalue weighted by Crippen LogP contribution is -3.61. The molecule has 0 saturated carbocycles. The molecule has 0 aromatic heterocycles. The zero-order valence-corrected chi connectivity index (χ0v) is 18.4. The molecule has 0 N–H and O–H groups in total. The molecule has 0 heterocycles. The van der Waals surface area contributed by atoms with Gasteiger partial charge in [-0.1, -0.05) is 17.7 Å². The highest BCUT2D eigenvalue weighted by molar-refractivity contribution is 7.86. The first-order chi connectivity index (χ1) is 14.2. The second kappa shape index (κ2) is 9.70. The van der Waals surface area contributed by atoms with E-state index in [0.717, 1.165) is 0 Å². The summed E-state index contributed by atoms with van der Waals surface area (Å²) in [6.07, 6.45) is -7.16. The van der Waals surface area contributed by atoms with E-state index >= 15 is 0 Å². The molecule has 0 atom stereocenters. The van der Waals surface area contributed by atoms with Gasteiger partial charge in [0, 0.05) is 0 Å². The fourth-order valence-corrected chi connectivity index (χ4v) is 4.33. The average Bonchev–Trinajstić information content (AvgIpc) is 2.64. The lowest BCUT2D eigenvalue weighted by Gasteiger charge is -2.34. The summed E-state index contributed by atoms with van der Waals surface area (Å²) in [5.41, 5.74) is 1.28. The van der Waals surface area contributed by atoms with Crippen molar-refractivity contribution in [2.45, 2.75) is 30.2 Å². The van der Waals surface area contributed by atoms with Crippen LogP contribution in [0.5, 0.6) is 0 Å². The number of rotatable bonds is 5. The number of hydrogen-bond donors (Lipinski definition) is 0. The molecule has 0 bridgehead atoms. The van der Waals surface area contributed by atoms with Crippen molar-refractivity contribution in [1.82, 2.24) is 0 Å². The van der Waals surface area contributed by atoms with Crippen molar-refractivity contribution in [3.05, 3.63) is 67.1 Å². The van der Waals surface area contributed by atoms with Crippen LogP contribution in [-0.4, -0.2) is 36.2 Å². The predicted molar refractivity (Wildman–Crippen MR) is 85.6 cm³/mol. The number of halogens is 11. The second-order valence-electron chi connectivity index (χ2n) is 5.94. The van der Waals surface area contributed by atoms with Crippen molar-refractivity contribution in [3.63, 3.8) is 0 Å². The van der Waals surface area contributed by atoms with E-state index in [9.17, 15) is 56.9 Å². The van der Waals surface area contributed by atoms with E-state index in [4.69, 9.17) is 0 Å². The maximum absolute atomic E-state index is 12.7. The molecule has 0 saturated heterocycles. The highest BCUT2D eigenvalue weighted by atomic mass is 127. The molecule has 0 aliphatic carbocycles. The molecule has 0 aliphatic heterocycles. The monoisotopic (exact) mass is 612 g/mol. The molecule has 0 unspecified atom stereocenters. The number of benzene rings is 2. The average molecular weight is 612 g/mol. The van der Waals surface area contributed by atoms with E-state index in [1.54, 1.807) is 0 Å². The number of aryl methyl sites for hydroxylation is 1. The van der Waals surface area contributed by atoms with Crippen LogP contribution in [0.1, 0.15) is 5.56 Å². The van der Waals surface area contributed by atoms with Crippen LogP contribution in [0.25, 0.3) is 0 Å². The largest absolute Gasteiger partial charge is 0.743 e. The molecule has 2 aromatic rings. The van der Waals surface area contributed by atoms with Gasteiger partial charge >= 0.3 is 44.5 Å². The van der Waals surface area contributed by atoms with Gasteiger partial charge in [0.1, 0.15) is 5.82 Å². The summed E-state index contributed by atoms with van der Waals surface area (Å²) in [5, 5.41) is -7.11. The number of hydrogen-bond acceptors (Lipinski definition) is 3. The summed E-state index contributed by atoms with van der Waals surface area (Å²) >= 11 is -0.164. The van der Waals surface area contributed by atoms with Gasteiger partial charge in [0.2, 0.25) is 0 Å². The minimum absolute atomic E-state index is 0.160. The zero-order chi connectivity index (χ0) is 25.2. The minimum Gasteiger partial charge on any atom is -0.743 e. The first-order valence-electron chi connectivity index (χ1n) is 7.86. The van der Waals surface area contributed by atoms with E-state index in [1.165, 1.54) is 24.8 Å². The summed E-state index contributed by atoms with van der Waals surface area (Å²) in [4.78, 5) is 0. The Hall–Kier alpha value is -1.62. The van der Waals surface area contributed by atoms with Crippen molar-refractivity contribution in [3.8, 4) is 0 Å². The van der Waals surface area contributed by atoms with Crippen LogP contribution < -0.4 is 21.2 Å². The summed E-state index contributed by atoms with van der Waals surface area (Å²) in [7, 11) is -7.42. The van der Waals surface area contributed by atoms with Crippen LogP contribution >= 0.6 is 0 Å². The van der Waals surface area contributed by atoms with Gasteiger partial charge in [0.25, 0.3) is 0 Å². The van der Waals surface area contributed by atoms with Crippen molar-refractivity contribution in [1.29, 1.82) is 0 Å². The van der Waals surface area contributed by atoms with Crippen molar-refractivity contribution >= 4 is 10.1 Å². The first kappa shape index (κ1) is 28.4. The van der Waals surface area contributed by atoms with E-state index in [2.05, 4.69) is 31.2 Å². The zero-order valence-electron chi connectivity index (χ0n) is 15.4. The Labute approximate surface area is 185 Å². The smallest absolute Gasteiger partial charge is 0.460 e. The Balaban J connectivity index is 0.000000321. The van der Waals surface area contributed by atoms with Crippen molar-refractivity contribution in [2.75, 3.05) is 0 Å². The van der Waals surface area contributed by atoms with Gasteiger partial charge in [-0.3, -0.25) is 0 Å². The fourth-order valence-electron chi connectivity index (χ4n) is 1.73. The van der Waals surface area contributed by atoms with Crippen LogP contribution in [0.15, 0.2) is 48.5 Å². The Bertz CT molecular complexity index is 961. The SMILES string of the molecule is Cc1ccc([I+]c2ccc(F)cc2)cc1.O=S(=O)([O-])C(F)(F)C(F)(F)C(F)(F)C(F)(F)F. The third-order valence-electron chi connectivity index (χ3n) is 3.46. The fraction of sp³-hybridized carbons (Fsp3) is 0.294. The van der Waals surface area contributed by atoms with Crippen molar-refractivity contribution < 1.29 is 78.1 Å². The molecule has 0 fully saturated rings. The molecule has 15 heteroatoms. The van der Waals surface area contributed by atoms with Gasteiger partial charge in [-0.25, -0.2) is 12.8 Å². The minimum atomic E-state index is -7.43. The second-order valence-corrected chi connectivity index (χ2v) is 10.4. The maximum atomic E-state index is 12.7. The van der Waals surface area contributed by atoms with E-state index < -0.39 is 33.4 Å². The molecule has 0 amide bonds. The molecule has 0 spiro atoms. The van der Waals surface area contributed by atoms with E-state index in [1.807, 2.05) is 12.1 Å². The quantitative estimate of drug-likeness (QED) is 0.296. The Morgan fingerprint density at radius 2 is 1.09 bits per heavy atom. The van der Waals surface area contributed by atoms with Crippen molar-refractivity contribution in [2.24, 2.45) is 0 Å². The molecule has 0 aliphatic rings. The molecule has 2 aromatic carbocycles. The first-order valence-corrected chi connectivity index (χ1v) is 11.4. The van der Waals surface area contributed by atoms with E-state index in [0.29, 0.717) is 0 Å².